The number of rotatable bonds is 3. The Morgan fingerprint density at radius 3 is 2.75 bits per heavy atom. The number of unbranched alkanes of at least 4 members (excludes halogenated alkanes) is 1. The highest BCUT2D eigenvalue weighted by molar-refractivity contribution is 5.57. The van der Waals surface area contributed by atoms with Crippen LogP contribution in [0.25, 0.3) is 0 Å². The number of nitrogens with zero attached hydrogens (tertiary/aromatic N) is 1. The second-order valence-electron chi connectivity index (χ2n) is 1.86. The van der Waals surface area contributed by atoms with E-state index in [2.05, 4.69) is 11.9 Å². The maximum atomic E-state index is 5.34. The van der Waals surface area contributed by atoms with Crippen molar-refractivity contribution in [1.82, 2.24) is 0 Å². The zero-order chi connectivity index (χ0) is 6.41. The van der Waals surface area contributed by atoms with E-state index in [1.807, 2.05) is 13.1 Å². The van der Waals surface area contributed by atoms with E-state index in [1.54, 1.807) is 0 Å². The predicted molar refractivity (Wildman–Crippen MR) is 37.0 cm³/mol. The fourth-order valence-corrected chi connectivity index (χ4v) is 0.370. The minimum Gasteiger partial charge on any atom is -0.310 e. The molecule has 0 radical (unpaired) electrons. The Kier molecular flexibility index (Phi) is 4.56. The predicted octanol–water partition coefficient (Wildman–Crippen LogP) is 1.16. The molecule has 0 aromatic heterocycles. The first-order valence-electron chi connectivity index (χ1n) is 3.04. The summed E-state index contributed by atoms with van der Waals surface area (Å²) in [7, 11) is 0. The fraction of sp³-hybridized carbons (Fsp3) is 0.833. The lowest BCUT2D eigenvalue weighted by Gasteiger charge is -1.92. The highest BCUT2D eigenvalue weighted by Gasteiger charge is 1.80. The van der Waals surface area contributed by atoms with Crippen molar-refractivity contribution in [3.63, 3.8) is 0 Å². The van der Waals surface area contributed by atoms with Gasteiger partial charge in [0.15, 0.2) is 0 Å². The van der Waals surface area contributed by atoms with Crippen LogP contribution in [0.1, 0.15) is 26.7 Å². The van der Waals surface area contributed by atoms with E-state index >= 15 is 0 Å². The Balaban J connectivity index is 3.07. The molecule has 1 unspecified atom stereocenters. The smallest absolute Gasteiger partial charge is 0.0936 e. The summed E-state index contributed by atoms with van der Waals surface area (Å²) in [5.41, 5.74) is 5.34. The number of hydrogen-bond acceptors (Lipinski definition) is 2. The molecule has 2 N–H and O–H groups in total. The van der Waals surface area contributed by atoms with Gasteiger partial charge in [0.05, 0.1) is 6.17 Å². The van der Waals surface area contributed by atoms with Crippen molar-refractivity contribution in [2.75, 3.05) is 0 Å². The Morgan fingerprint density at radius 2 is 2.38 bits per heavy atom. The Morgan fingerprint density at radius 1 is 1.75 bits per heavy atom. The quantitative estimate of drug-likeness (QED) is 0.549. The molecule has 0 amide bonds. The maximum absolute atomic E-state index is 5.34. The molecule has 8 heavy (non-hydrogen) atoms. The SMILES string of the molecule is CCCC=NC(C)N. The lowest BCUT2D eigenvalue weighted by Crippen LogP contribution is -2.10. The second kappa shape index (κ2) is 4.78. The van der Waals surface area contributed by atoms with Gasteiger partial charge in [0.1, 0.15) is 0 Å². The Hall–Kier alpha value is -0.370. The summed E-state index contributed by atoms with van der Waals surface area (Å²) in [6, 6.07) is 0. The normalized spacial score (nSPS) is 14.9. The van der Waals surface area contributed by atoms with Gasteiger partial charge in [-0.3, -0.25) is 4.99 Å². The van der Waals surface area contributed by atoms with Gasteiger partial charge in [-0.05, 0) is 13.3 Å². The lowest BCUT2D eigenvalue weighted by atomic mass is 10.4. The Bertz CT molecular complexity index is 66.9. The van der Waals surface area contributed by atoms with Crippen molar-refractivity contribution in [1.29, 1.82) is 0 Å². The average Bonchev–Trinajstić information content (AvgIpc) is 1.66. The van der Waals surface area contributed by atoms with Gasteiger partial charge in [0.25, 0.3) is 0 Å². The molecule has 0 aliphatic heterocycles. The molecular formula is C6H14N2. The van der Waals surface area contributed by atoms with E-state index in [1.165, 1.54) is 0 Å². The van der Waals surface area contributed by atoms with Gasteiger partial charge in [-0.2, -0.15) is 0 Å². The van der Waals surface area contributed by atoms with Crippen molar-refractivity contribution in [2.45, 2.75) is 32.9 Å². The minimum absolute atomic E-state index is 0.0263. The topological polar surface area (TPSA) is 38.4 Å². The zero-order valence-electron chi connectivity index (χ0n) is 5.59. The van der Waals surface area contributed by atoms with Gasteiger partial charge in [-0.25, -0.2) is 0 Å². The van der Waals surface area contributed by atoms with Crippen LogP contribution in [0.3, 0.4) is 0 Å². The van der Waals surface area contributed by atoms with Crippen LogP contribution in [0, 0.1) is 0 Å². The summed E-state index contributed by atoms with van der Waals surface area (Å²) in [4.78, 5) is 3.97. The summed E-state index contributed by atoms with van der Waals surface area (Å²) < 4.78 is 0. The number of hydrogen-bond donors (Lipinski definition) is 1. The van der Waals surface area contributed by atoms with Crippen LogP contribution in [-0.2, 0) is 0 Å². The molecule has 48 valence electrons. The van der Waals surface area contributed by atoms with Crippen molar-refractivity contribution in [3.05, 3.63) is 0 Å². The summed E-state index contributed by atoms with van der Waals surface area (Å²) in [5, 5.41) is 0. The molecule has 0 aliphatic carbocycles. The summed E-state index contributed by atoms with van der Waals surface area (Å²) >= 11 is 0. The Labute approximate surface area is 50.8 Å². The highest BCUT2D eigenvalue weighted by Crippen LogP contribution is 1.82. The maximum Gasteiger partial charge on any atom is 0.0936 e. The molecular weight excluding hydrogens is 100 g/mol. The minimum atomic E-state index is -0.0263. The molecule has 0 saturated heterocycles. The molecule has 0 saturated carbocycles. The van der Waals surface area contributed by atoms with Gasteiger partial charge in [0, 0.05) is 6.21 Å². The van der Waals surface area contributed by atoms with E-state index in [4.69, 9.17) is 5.73 Å². The second-order valence-corrected chi connectivity index (χ2v) is 1.86. The van der Waals surface area contributed by atoms with Crippen LogP contribution < -0.4 is 5.73 Å². The third-order valence-electron chi connectivity index (χ3n) is 0.758. The lowest BCUT2D eigenvalue weighted by molar-refractivity contribution is 0.790. The van der Waals surface area contributed by atoms with E-state index in [-0.39, 0.29) is 6.17 Å². The zero-order valence-corrected chi connectivity index (χ0v) is 5.59. The molecule has 0 heterocycles. The van der Waals surface area contributed by atoms with Crippen molar-refractivity contribution < 1.29 is 0 Å². The molecule has 1 atom stereocenters. The molecule has 0 aromatic rings. The van der Waals surface area contributed by atoms with E-state index in [9.17, 15) is 0 Å². The van der Waals surface area contributed by atoms with Gasteiger partial charge in [0.2, 0.25) is 0 Å². The van der Waals surface area contributed by atoms with Gasteiger partial charge < -0.3 is 5.73 Å². The monoisotopic (exact) mass is 114 g/mol. The van der Waals surface area contributed by atoms with Crippen molar-refractivity contribution >= 4 is 6.21 Å². The summed E-state index contributed by atoms with van der Waals surface area (Å²) in [6.45, 7) is 3.99. The third kappa shape index (κ3) is 5.63. The van der Waals surface area contributed by atoms with Crippen LogP contribution in [0.4, 0.5) is 0 Å². The largest absolute Gasteiger partial charge is 0.310 e. The molecule has 0 bridgehead atoms. The molecule has 0 aliphatic rings. The van der Waals surface area contributed by atoms with Crippen LogP contribution >= 0.6 is 0 Å². The molecule has 2 heteroatoms. The van der Waals surface area contributed by atoms with E-state index in [0.717, 1.165) is 12.8 Å². The molecule has 0 rings (SSSR count). The number of aliphatic imine (C=N–C) groups is 1. The first-order chi connectivity index (χ1) is 3.77. The van der Waals surface area contributed by atoms with Crippen LogP contribution in [0.5, 0.6) is 0 Å². The molecule has 0 aromatic carbocycles. The first-order valence-corrected chi connectivity index (χ1v) is 3.04. The van der Waals surface area contributed by atoms with Crippen LogP contribution in [0.2, 0.25) is 0 Å². The standard InChI is InChI=1S/C6H14N2/c1-3-4-5-8-6(2)7/h5-6H,3-4,7H2,1-2H3. The van der Waals surface area contributed by atoms with Crippen LogP contribution in [-0.4, -0.2) is 12.4 Å². The molecule has 0 fully saturated rings. The van der Waals surface area contributed by atoms with Crippen molar-refractivity contribution in [2.24, 2.45) is 10.7 Å². The van der Waals surface area contributed by atoms with Gasteiger partial charge >= 0.3 is 0 Å². The average molecular weight is 114 g/mol. The fourth-order valence-electron chi connectivity index (χ4n) is 0.370. The van der Waals surface area contributed by atoms with E-state index in [0.29, 0.717) is 0 Å². The van der Waals surface area contributed by atoms with Gasteiger partial charge in [-0.15, -0.1) is 0 Å². The van der Waals surface area contributed by atoms with Gasteiger partial charge in [-0.1, -0.05) is 13.3 Å². The molecule has 0 spiro atoms. The highest BCUT2D eigenvalue weighted by atomic mass is 14.9. The first kappa shape index (κ1) is 7.63. The third-order valence-corrected chi connectivity index (χ3v) is 0.758. The molecule has 2 nitrogen and oxygen atoms in total. The summed E-state index contributed by atoms with van der Waals surface area (Å²) in [6.07, 6.45) is 4.05. The summed E-state index contributed by atoms with van der Waals surface area (Å²) in [5.74, 6) is 0. The van der Waals surface area contributed by atoms with Crippen molar-refractivity contribution in [3.8, 4) is 0 Å². The number of nitrogens with two attached hydrogens (primary N) is 1. The van der Waals surface area contributed by atoms with E-state index < -0.39 is 0 Å². The van der Waals surface area contributed by atoms with Crippen LogP contribution in [0.15, 0.2) is 4.99 Å².